The van der Waals surface area contributed by atoms with Crippen molar-refractivity contribution in [1.29, 1.82) is 0 Å². The van der Waals surface area contributed by atoms with E-state index in [2.05, 4.69) is 25.9 Å². The average Bonchev–Trinajstić information content (AvgIpc) is 2.80. The second-order valence-electron chi connectivity index (χ2n) is 8.17. The summed E-state index contributed by atoms with van der Waals surface area (Å²) < 4.78 is 83.8. The highest BCUT2D eigenvalue weighted by Gasteiger charge is 2.38. The summed E-state index contributed by atoms with van der Waals surface area (Å²) in [5, 5.41) is 16.1. The van der Waals surface area contributed by atoms with Crippen LogP contribution in [0.25, 0.3) is 0 Å². The van der Waals surface area contributed by atoms with Gasteiger partial charge in [-0.25, -0.2) is 14.2 Å². The molecule has 1 aliphatic carbocycles. The lowest BCUT2D eigenvalue weighted by atomic mass is 9.91. The summed E-state index contributed by atoms with van der Waals surface area (Å²) in [4.78, 5) is 29.9. The molecule has 2 aromatic rings. The number of nitrogens with zero attached hydrogens (tertiary/aromatic N) is 2. The molecule has 4 N–H and O–H groups in total. The Morgan fingerprint density at radius 2 is 1.57 bits per heavy atom. The monoisotopic (exact) mass is 539 g/mol. The van der Waals surface area contributed by atoms with Gasteiger partial charge >= 0.3 is 18.3 Å². The Labute approximate surface area is 206 Å². The Bertz CT molecular complexity index is 1100. The van der Waals surface area contributed by atoms with Crippen molar-refractivity contribution >= 4 is 23.6 Å². The minimum Gasteiger partial charge on any atom is -0.475 e. The summed E-state index contributed by atoms with van der Waals surface area (Å²) in [5.74, 6) is -3.31. The number of hydrogen-bond acceptors (Lipinski definition) is 6. The van der Waals surface area contributed by atoms with Crippen LogP contribution in [0.15, 0.2) is 24.4 Å². The predicted molar refractivity (Wildman–Crippen MR) is 119 cm³/mol. The van der Waals surface area contributed by atoms with Crippen LogP contribution in [0.1, 0.15) is 47.2 Å². The summed E-state index contributed by atoms with van der Waals surface area (Å²) in [5.41, 5.74) is -0.588. The number of alkyl halides is 6. The van der Waals surface area contributed by atoms with Gasteiger partial charge in [-0.05, 0) is 50.8 Å². The number of rotatable bonds is 5. The summed E-state index contributed by atoms with van der Waals surface area (Å²) in [6.07, 6.45) is -5.35. The van der Waals surface area contributed by atoms with Gasteiger partial charge in [-0.1, -0.05) is 0 Å². The van der Waals surface area contributed by atoms with Gasteiger partial charge in [-0.2, -0.15) is 31.3 Å². The number of aromatic nitrogens is 2. The van der Waals surface area contributed by atoms with Crippen LogP contribution in [-0.4, -0.2) is 52.3 Å². The zero-order chi connectivity index (χ0) is 28.0. The fourth-order valence-corrected chi connectivity index (χ4v) is 3.48. The van der Waals surface area contributed by atoms with E-state index in [0.29, 0.717) is 30.9 Å². The normalized spacial score (nSPS) is 17.8. The molecule has 0 atom stereocenters. The summed E-state index contributed by atoms with van der Waals surface area (Å²) in [7, 11) is 1.78. The zero-order valence-corrected chi connectivity index (χ0v) is 19.6. The number of anilines is 2. The number of carboxylic acids is 1. The van der Waals surface area contributed by atoms with Crippen LogP contribution in [0.5, 0.6) is 0 Å². The van der Waals surface area contributed by atoms with Crippen LogP contribution in [0.2, 0.25) is 0 Å². The van der Waals surface area contributed by atoms with E-state index in [0.717, 1.165) is 30.3 Å². The molecule has 0 saturated heterocycles. The fourth-order valence-electron chi connectivity index (χ4n) is 3.48. The maximum atomic E-state index is 13.5. The molecule has 15 heteroatoms. The summed E-state index contributed by atoms with van der Waals surface area (Å²) in [6, 6.07) is 1.78. The lowest BCUT2D eigenvalue weighted by Gasteiger charge is -2.29. The van der Waals surface area contributed by atoms with E-state index in [-0.39, 0.29) is 17.6 Å². The first-order chi connectivity index (χ1) is 17.1. The van der Waals surface area contributed by atoms with Crippen molar-refractivity contribution in [2.45, 2.75) is 57.0 Å². The molecule has 1 aliphatic rings. The molecule has 37 heavy (non-hydrogen) atoms. The number of benzene rings is 1. The summed E-state index contributed by atoms with van der Waals surface area (Å²) in [6.45, 7) is 1.90. The largest absolute Gasteiger partial charge is 0.490 e. The first kappa shape index (κ1) is 29.6. The van der Waals surface area contributed by atoms with Crippen molar-refractivity contribution < 1.29 is 45.4 Å². The molecule has 1 fully saturated rings. The van der Waals surface area contributed by atoms with E-state index in [1.165, 1.54) is 0 Å². The summed E-state index contributed by atoms with van der Waals surface area (Å²) >= 11 is 0. The van der Waals surface area contributed by atoms with Gasteiger partial charge in [0.1, 0.15) is 11.6 Å². The van der Waals surface area contributed by atoms with Gasteiger partial charge in [0.15, 0.2) is 0 Å². The molecule has 0 bridgehead atoms. The Hall–Kier alpha value is -3.65. The highest BCUT2D eigenvalue weighted by Crippen LogP contribution is 2.30. The highest BCUT2D eigenvalue weighted by atomic mass is 19.4. The smallest absolute Gasteiger partial charge is 0.475 e. The Morgan fingerprint density at radius 3 is 2.08 bits per heavy atom. The number of aliphatic carboxylic acids is 1. The van der Waals surface area contributed by atoms with Crippen molar-refractivity contribution in [1.82, 2.24) is 15.3 Å². The van der Waals surface area contributed by atoms with Gasteiger partial charge in [-0.3, -0.25) is 4.79 Å². The topological polar surface area (TPSA) is 116 Å². The fraction of sp³-hybridized carbons (Fsp3) is 0.455. The van der Waals surface area contributed by atoms with E-state index < -0.39 is 35.6 Å². The zero-order valence-electron chi connectivity index (χ0n) is 19.6. The maximum Gasteiger partial charge on any atom is 0.490 e. The number of aryl methyl sites for hydroxylation is 1. The minimum atomic E-state index is -5.08. The number of nitrogens with one attached hydrogen (secondary N) is 3. The molecule has 0 radical (unpaired) electrons. The SMILES string of the molecule is CNc1nc(N[C@H]2CC[C@@H](NC(=O)c3cc(F)cc(C(F)(F)F)c3)CC2)ncc1C.O=C(O)C(F)(F)F. The molecule has 1 heterocycles. The third-order valence-electron chi connectivity index (χ3n) is 5.33. The first-order valence-electron chi connectivity index (χ1n) is 10.9. The molecular weight excluding hydrogens is 515 g/mol. The van der Waals surface area contributed by atoms with E-state index >= 15 is 0 Å². The first-order valence-corrected chi connectivity index (χ1v) is 10.9. The van der Waals surface area contributed by atoms with Crippen molar-refractivity contribution in [3.8, 4) is 0 Å². The Kier molecular flexibility index (Phi) is 9.64. The molecule has 1 amide bonds. The highest BCUT2D eigenvalue weighted by molar-refractivity contribution is 5.94. The van der Waals surface area contributed by atoms with E-state index in [1.54, 1.807) is 13.2 Å². The Morgan fingerprint density at radius 1 is 1.00 bits per heavy atom. The Balaban J connectivity index is 0.000000604. The van der Waals surface area contributed by atoms with Gasteiger partial charge in [0.2, 0.25) is 5.95 Å². The second kappa shape index (κ2) is 12.1. The van der Waals surface area contributed by atoms with Crippen LogP contribution in [0.4, 0.5) is 42.5 Å². The minimum absolute atomic E-state index is 0.122. The average molecular weight is 539 g/mol. The van der Waals surface area contributed by atoms with Gasteiger partial charge in [-0.15, -0.1) is 0 Å². The number of amides is 1. The molecule has 1 aromatic carbocycles. The van der Waals surface area contributed by atoms with Gasteiger partial charge < -0.3 is 21.1 Å². The lowest BCUT2D eigenvalue weighted by molar-refractivity contribution is -0.192. The molecular formula is C22H24F7N5O3. The van der Waals surface area contributed by atoms with Gasteiger partial charge in [0, 0.05) is 36.5 Å². The number of hydrogen-bond donors (Lipinski definition) is 4. The van der Waals surface area contributed by atoms with Crippen LogP contribution < -0.4 is 16.0 Å². The molecule has 0 spiro atoms. The molecule has 204 valence electrons. The quantitative estimate of drug-likeness (QED) is 0.405. The van der Waals surface area contributed by atoms with E-state index in [9.17, 15) is 35.5 Å². The van der Waals surface area contributed by atoms with Crippen molar-refractivity contribution in [2.75, 3.05) is 17.7 Å². The third-order valence-corrected chi connectivity index (χ3v) is 5.33. The number of carbonyl (C=O) groups is 2. The third kappa shape index (κ3) is 9.06. The molecule has 1 aromatic heterocycles. The molecule has 0 aliphatic heterocycles. The number of carbonyl (C=O) groups excluding carboxylic acids is 1. The predicted octanol–water partition coefficient (Wildman–Crippen LogP) is 4.77. The van der Waals surface area contributed by atoms with Crippen LogP contribution in [-0.2, 0) is 11.0 Å². The molecule has 3 rings (SSSR count). The maximum absolute atomic E-state index is 13.5. The lowest BCUT2D eigenvalue weighted by Crippen LogP contribution is -2.40. The number of carboxylic acid groups (broad SMARTS) is 1. The molecule has 0 unspecified atom stereocenters. The van der Waals surface area contributed by atoms with Crippen molar-refractivity contribution in [2.24, 2.45) is 0 Å². The van der Waals surface area contributed by atoms with Crippen LogP contribution in [0, 0.1) is 12.7 Å². The van der Waals surface area contributed by atoms with Crippen LogP contribution in [0.3, 0.4) is 0 Å². The van der Waals surface area contributed by atoms with Crippen molar-refractivity contribution in [3.05, 3.63) is 46.9 Å². The molecule has 8 nitrogen and oxygen atoms in total. The van der Waals surface area contributed by atoms with E-state index in [1.807, 2.05) is 6.92 Å². The van der Waals surface area contributed by atoms with Crippen molar-refractivity contribution in [3.63, 3.8) is 0 Å². The van der Waals surface area contributed by atoms with E-state index in [4.69, 9.17) is 9.90 Å². The van der Waals surface area contributed by atoms with Gasteiger partial charge in [0.05, 0.1) is 5.56 Å². The van der Waals surface area contributed by atoms with Crippen LogP contribution >= 0.6 is 0 Å². The standard InChI is InChI=1S/C20H23F4N5O.C2HF3O2/c1-11-10-26-19(29-17(11)25-2)28-16-5-3-15(4-6-16)27-18(30)12-7-13(20(22,23)24)9-14(21)8-12;3-2(4,5)1(6)7/h7-10,15-16H,3-6H2,1-2H3,(H,27,30)(H2,25,26,28,29);(H,6,7)/t15-,16+;. The number of halogens is 7. The second-order valence-corrected chi connectivity index (χ2v) is 8.17. The molecule has 1 saturated carbocycles. The van der Waals surface area contributed by atoms with Gasteiger partial charge in [0.25, 0.3) is 5.91 Å².